The third kappa shape index (κ3) is 5.92. The molecule has 3 aromatic rings. The number of aromatic nitrogens is 2. The van der Waals surface area contributed by atoms with Gasteiger partial charge in [-0.3, -0.25) is 14.6 Å². The highest BCUT2D eigenvalue weighted by Gasteiger charge is 2.24. The van der Waals surface area contributed by atoms with E-state index in [1.807, 2.05) is 4.83 Å². The largest absolute Gasteiger partial charge is 0.350 e. The van der Waals surface area contributed by atoms with Crippen molar-refractivity contribution >= 4 is 25.8 Å². The van der Waals surface area contributed by atoms with Gasteiger partial charge in [-0.2, -0.15) is 8.42 Å². The first-order chi connectivity index (χ1) is 16.3. The smallest absolute Gasteiger partial charge is 0.276 e. The molecule has 0 bridgehead atoms. The number of carbonyl (C=O) groups excluding carboxylic acids is 1. The summed E-state index contributed by atoms with van der Waals surface area (Å²) in [6, 6.07) is 7.89. The molecule has 186 valence electrons. The lowest BCUT2D eigenvalue weighted by molar-refractivity contribution is -0.120. The van der Waals surface area contributed by atoms with E-state index in [0.29, 0.717) is 15.8 Å². The molecule has 0 spiro atoms. The van der Waals surface area contributed by atoms with Gasteiger partial charge in [0.05, 0.1) is 23.6 Å². The number of hydrogen-bond acceptors (Lipinski definition) is 7. The molecule has 0 radical (unpaired) electrons. The first kappa shape index (κ1) is 26.0. The van der Waals surface area contributed by atoms with Crippen LogP contribution < -0.4 is 15.7 Å². The molecular formula is C22H23FN4O6S2. The molecule has 2 heterocycles. The van der Waals surface area contributed by atoms with Crippen LogP contribution in [0.3, 0.4) is 0 Å². The fraction of sp³-hybridized carbons (Fsp3) is 0.227. The molecule has 2 N–H and O–H groups in total. The standard InChI is InChI=1S/C22H23FN4O6S2/c1-14-9-11-27(26-35(32,33)19-7-5-4-6-18(19)34(3,30)31)22(29)16(14)12-20(28)25-13-17-21(23)15(2)8-10-24-17/h4-11,26H,12-13H2,1-3H3,(H,25,28). The van der Waals surface area contributed by atoms with Crippen molar-refractivity contribution in [3.8, 4) is 0 Å². The zero-order valence-electron chi connectivity index (χ0n) is 19.1. The number of hydrogen-bond donors (Lipinski definition) is 2. The highest BCUT2D eigenvalue weighted by atomic mass is 32.2. The summed E-state index contributed by atoms with van der Waals surface area (Å²) in [6.07, 6.45) is 3.04. The Morgan fingerprint density at radius 1 is 1.03 bits per heavy atom. The van der Waals surface area contributed by atoms with Gasteiger partial charge in [0, 0.05) is 24.2 Å². The van der Waals surface area contributed by atoms with Crippen molar-refractivity contribution in [3.05, 3.63) is 87.3 Å². The van der Waals surface area contributed by atoms with Gasteiger partial charge < -0.3 is 5.32 Å². The number of pyridine rings is 2. The zero-order chi connectivity index (χ0) is 26.0. The van der Waals surface area contributed by atoms with Crippen LogP contribution in [0.25, 0.3) is 0 Å². The van der Waals surface area contributed by atoms with Crippen LogP contribution >= 0.6 is 0 Å². The van der Waals surface area contributed by atoms with Gasteiger partial charge in [0.15, 0.2) is 9.84 Å². The fourth-order valence-corrected chi connectivity index (χ4v) is 5.87. The summed E-state index contributed by atoms with van der Waals surface area (Å²) in [7, 11) is -8.36. The van der Waals surface area contributed by atoms with Gasteiger partial charge in [0.1, 0.15) is 10.7 Å². The van der Waals surface area contributed by atoms with Crippen LogP contribution in [0.2, 0.25) is 0 Å². The number of carbonyl (C=O) groups is 1. The second-order valence-electron chi connectivity index (χ2n) is 7.81. The minimum Gasteiger partial charge on any atom is -0.350 e. The van der Waals surface area contributed by atoms with E-state index in [1.54, 1.807) is 13.8 Å². The van der Waals surface area contributed by atoms with E-state index in [9.17, 15) is 30.8 Å². The Morgan fingerprint density at radius 2 is 1.69 bits per heavy atom. The molecule has 0 atom stereocenters. The maximum Gasteiger partial charge on any atom is 0.276 e. The average molecular weight is 523 g/mol. The van der Waals surface area contributed by atoms with E-state index in [1.165, 1.54) is 30.5 Å². The number of rotatable bonds is 8. The van der Waals surface area contributed by atoms with Crippen LogP contribution in [-0.2, 0) is 37.6 Å². The van der Waals surface area contributed by atoms with Gasteiger partial charge in [-0.1, -0.05) is 12.1 Å². The molecule has 3 rings (SSSR count). The predicted molar refractivity (Wildman–Crippen MR) is 126 cm³/mol. The first-order valence-electron chi connectivity index (χ1n) is 10.2. The number of amides is 1. The summed E-state index contributed by atoms with van der Waals surface area (Å²) in [5, 5.41) is 2.49. The van der Waals surface area contributed by atoms with Gasteiger partial charge in [0.2, 0.25) is 5.91 Å². The molecular weight excluding hydrogens is 499 g/mol. The van der Waals surface area contributed by atoms with E-state index < -0.39 is 53.4 Å². The number of sulfone groups is 1. The topological polar surface area (TPSA) is 144 Å². The fourth-order valence-electron chi connectivity index (χ4n) is 3.24. The molecule has 13 heteroatoms. The molecule has 1 aromatic carbocycles. The number of halogens is 1. The second kappa shape index (κ2) is 9.96. The van der Waals surface area contributed by atoms with Crippen molar-refractivity contribution in [1.82, 2.24) is 15.0 Å². The normalized spacial score (nSPS) is 11.8. The molecule has 0 unspecified atom stereocenters. The van der Waals surface area contributed by atoms with Crippen LogP contribution in [0.1, 0.15) is 22.4 Å². The van der Waals surface area contributed by atoms with Crippen LogP contribution in [-0.4, -0.2) is 38.7 Å². The zero-order valence-corrected chi connectivity index (χ0v) is 20.7. The Bertz CT molecular complexity index is 1570. The predicted octanol–water partition coefficient (Wildman–Crippen LogP) is 1.19. The minimum atomic E-state index is -4.48. The molecule has 0 saturated carbocycles. The SMILES string of the molecule is Cc1ccnc(CNC(=O)Cc2c(C)ccn(NS(=O)(=O)c3ccccc3S(C)(=O)=O)c2=O)c1F. The monoisotopic (exact) mass is 522 g/mol. The molecule has 10 nitrogen and oxygen atoms in total. The third-order valence-electron chi connectivity index (χ3n) is 5.13. The summed E-state index contributed by atoms with van der Waals surface area (Å²) in [5.41, 5.74) is 0.0211. The van der Waals surface area contributed by atoms with Crippen molar-refractivity contribution in [2.45, 2.75) is 36.6 Å². The number of nitrogens with zero attached hydrogens (tertiary/aromatic N) is 2. The van der Waals surface area contributed by atoms with Crippen LogP contribution in [0.5, 0.6) is 0 Å². The van der Waals surface area contributed by atoms with Gasteiger partial charge in [-0.15, -0.1) is 0 Å². The van der Waals surface area contributed by atoms with E-state index in [-0.39, 0.29) is 17.8 Å². The van der Waals surface area contributed by atoms with E-state index in [4.69, 9.17) is 0 Å². The Hall–Kier alpha value is -3.58. The quantitative estimate of drug-likeness (QED) is 0.452. The Kier molecular flexibility index (Phi) is 7.41. The van der Waals surface area contributed by atoms with Crippen LogP contribution in [0.4, 0.5) is 4.39 Å². The second-order valence-corrected chi connectivity index (χ2v) is 11.4. The maximum absolute atomic E-state index is 14.1. The third-order valence-corrected chi connectivity index (χ3v) is 7.78. The maximum atomic E-state index is 14.1. The molecule has 2 aromatic heterocycles. The Morgan fingerprint density at radius 3 is 2.34 bits per heavy atom. The first-order valence-corrected chi connectivity index (χ1v) is 13.6. The lowest BCUT2D eigenvalue weighted by Crippen LogP contribution is -2.37. The summed E-state index contributed by atoms with van der Waals surface area (Å²) in [5.74, 6) is -1.15. The van der Waals surface area contributed by atoms with Gasteiger partial charge in [-0.25, -0.2) is 22.3 Å². The molecule has 35 heavy (non-hydrogen) atoms. The van der Waals surface area contributed by atoms with E-state index in [0.717, 1.165) is 24.6 Å². The summed E-state index contributed by atoms with van der Waals surface area (Å²) in [4.78, 5) is 30.4. The summed E-state index contributed by atoms with van der Waals surface area (Å²) >= 11 is 0. The highest BCUT2D eigenvalue weighted by molar-refractivity contribution is 7.94. The molecule has 0 aliphatic rings. The van der Waals surface area contributed by atoms with E-state index in [2.05, 4.69) is 10.3 Å². The van der Waals surface area contributed by atoms with Crippen molar-refractivity contribution in [2.24, 2.45) is 0 Å². The molecule has 0 saturated heterocycles. The molecule has 0 aliphatic carbocycles. The van der Waals surface area contributed by atoms with Gasteiger partial charge >= 0.3 is 0 Å². The molecule has 0 fully saturated rings. The van der Waals surface area contributed by atoms with Crippen molar-refractivity contribution < 1.29 is 26.0 Å². The van der Waals surface area contributed by atoms with Crippen LogP contribution in [0.15, 0.2) is 63.4 Å². The Labute approximate surface area is 201 Å². The minimum absolute atomic E-state index is 0.00164. The van der Waals surface area contributed by atoms with Gasteiger partial charge in [-0.05, 0) is 49.2 Å². The summed E-state index contributed by atoms with van der Waals surface area (Å²) < 4.78 is 64.6. The average Bonchev–Trinajstić information content (AvgIpc) is 2.79. The lowest BCUT2D eigenvalue weighted by Gasteiger charge is -2.15. The number of nitrogens with one attached hydrogen (secondary N) is 2. The van der Waals surface area contributed by atoms with Crippen molar-refractivity contribution in [3.63, 3.8) is 0 Å². The van der Waals surface area contributed by atoms with Crippen molar-refractivity contribution in [1.29, 1.82) is 0 Å². The van der Waals surface area contributed by atoms with Gasteiger partial charge in [0.25, 0.3) is 15.6 Å². The van der Waals surface area contributed by atoms with Crippen molar-refractivity contribution in [2.75, 3.05) is 11.1 Å². The lowest BCUT2D eigenvalue weighted by atomic mass is 10.1. The summed E-state index contributed by atoms with van der Waals surface area (Å²) in [6.45, 7) is 2.94. The molecule has 0 aliphatic heterocycles. The van der Waals surface area contributed by atoms with E-state index >= 15 is 0 Å². The Balaban J connectivity index is 1.85. The number of sulfonamides is 1. The number of aryl methyl sites for hydroxylation is 2. The number of benzene rings is 1. The van der Waals surface area contributed by atoms with Crippen LogP contribution in [0, 0.1) is 19.7 Å². The molecule has 1 amide bonds. The highest BCUT2D eigenvalue weighted by Crippen LogP contribution is 2.20.